The summed E-state index contributed by atoms with van der Waals surface area (Å²) in [5, 5.41) is 0. The summed E-state index contributed by atoms with van der Waals surface area (Å²) in [6, 6.07) is 0. The third kappa shape index (κ3) is 6.85. The maximum Gasteiger partial charge on any atom is 0.0277 e. The molecule has 0 bridgehead atoms. The topological polar surface area (TPSA) is 12.4 Å². The van der Waals surface area contributed by atoms with Crippen LogP contribution in [0.1, 0.15) is 27.2 Å². The van der Waals surface area contributed by atoms with E-state index in [1.807, 2.05) is 37.4 Å². The number of hydrogen-bond acceptors (Lipinski definition) is 1. The first kappa shape index (κ1) is 16.4. The molecule has 0 saturated heterocycles. The Balaban J connectivity index is 5.24. The molecule has 0 aliphatic rings. The van der Waals surface area contributed by atoms with Crippen molar-refractivity contribution in [3.8, 4) is 0 Å². The highest BCUT2D eigenvalue weighted by atomic mass is 14.6. The van der Waals surface area contributed by atoms with Gasteiger partial charge in [0.1, 0.15) is 0 Å². The van der Waals surface area contributed by atoms with Gasteiger partial charge in [-0.05, 0) is 30.1 Å². The van der Waals surface area contributed by atoms with Crippen LogP contribution in [0.15, 0.2) is 65.2 Å². The highest BCUT2D eigenvalue weighted by Gasteiger charge is 1.98. The fourth-order valence-electron chi connectivity index (χ4n) is 1.36. The zero-order valence-electron chi connectivity index (χ0n) is 12.1. The van der Waals surface area contributed by atoms with Crippen LogP contribution in [-0.4, -0.2) is 13.3 Å². The van der Waals surface area contributed by atoms with Gasteiger partial charge in [-0.15, -0.1) is 0 Å². The van der Waals surface area contributed by atoms with Gasteiger partial charge in [0, 0.05) is 13.3 Å². The Morgan fingerprint density at radius 3 is 2.39 bits per heavy atom. The van der Waals surface area contributed by atoms with Gasteiger partial charge in [-0.25, -0.2) is 0 Å². The summed E-state index contributed by atoms with van der Waals surface area (Å²) in [6.45, 7) is 10.2. The predicted molar refractivity (Wildman–Crippen MR) is 84.2 cm³/mol. The van der Waals surface area contributed by atoms with Crippen molar-refractivity contribution in [2.75, 3.05) is 7.05 Å². The van der Waals surface area contributed by atoms with E-state index in [1.54, 1.807) is 7.05 Å². The maximum atomic E-state index is 4.00. The van der Waals surface area contributed by atoms with E-state index in [2.05, 4.69) is 43.6 Å². The molecule has 0 amide bonds. The molecule has 0 aromatic rings. The van der Waals surface area contributed by atoms with E-state index in [4.69, 9.17) is 0 Å². The number of nitrogens with zero attached hydrogens (tertiary/aromatic N) is 1. The molecule has 0 saturated carbocycles. The minimum absolute atomic E-state index is 0.588. The molecule has 0 heterocycles. The van der Waals surface area contributed by atoms with Crippen LogP contribution in [0.4, 0.5) is 0 Å². The van der Waals surface area contributed by atoms with E-state index < -0.39 is 0 Å². The van der Waals surface area contributed by atoms with Crippen molar-refractivity contribution in [1.29, 1.82) is 0 Å². The van der Waals surface area contributed by atoms with Gasteiger partial charge in [0.05, 0.1) is 0 Å². The lowest BCUT2D eigenvalue weighted by Crippen LogP contribution is -1.88. The first-order valence-electron chi connectivity index (χ1n) is 6.46. The molecule has 0 N–H and O–H groups in total. The van der Waals surface area contributed by atoms with Crippen LogP contribution >= 0.6 is 0 Å². The third-order valence-corrected chi connectivity index (χ3v) is 2.63. The van der Waals surface area contributed by atoms with Gasteiger partial charge in [-0.1, -0.05) is 63.3 Å². The third-order valence-electron chi connectivity index (χ3n) is 2.63. The van der Waals surface area contributed by atoms with Gasteiger partial charge >= 0.3 is 0 Å². The molecule has 0 aliphatic carbocycles. The second kappa shape index (κ2) is 10.5. The molecule has 0 fully saturated rings. The molecule has 0 radical (unpaired) electrons. The maximum absolute atomic E-state index is 4.00. The summed E-state index contributed by atoms with van der Waals surface area (Å²) in [7, 11) is 1.77. The highest BCUT2D eigenvalue weighted by Crippen LogP contribution is 2.15. The van der Waals surface area contributed by atoms with Crippen molar-refractivity contribution >= 4 is 6.21 Å². The first-order valence-corrected chi connectivity index (χ1v) is 6.46. The van der Waals surface area contributed by atoms with Crippen molar-refractivity contribution in [3.05, 3.63) is 60.3 Å². The lowest BCUT2D eigenvalue weighted by atomic mass is 10.0. The fraction of sp³-hybridized carbons (Fsp3) is 0.353. The van der Waals surface area contributed by atoms with Crippen LogP contribution in [0.2, 0.25) is 0 Å². The molecule has 1 heteroatoms. The lowest BCUT2D eigenvalue weighted by molar-refractivity contribution is 0.698. The molecule has 1 nitrogen and oxygen atoms in total. The normalized spacial score (nSPS) is 16.0. The molecule has 1 atom stereocenters. The Hall–Kier alpha value is -1.63. The number of hydrogen-bond donors (Lipinski definition) is 0. The molecule has 0 spiro atoms. The predicted octanol–water partition coefficient (Wildman–Crippen LogP) is 4.90. The van der Waals surface area contributed by atoms with Crippen LogP contribution in [0.3, 0.4) is 0 Å². The molecule has 98 valence electrons. The van der Waals surface area contributed by atoms with Gasteiger partial charge in [-0.3, -0.25) is 4.99 Å². The molecule has 0 aromatic heterocycles. The van der Waals surface area contributed by atoms with E-state index in [1.165, 1.54) is 0 Å². The quantitative estimate of drug-likeness (QED) is 0.445. The average Bonchev–Trinajstić information content (AvgIpc) is 2.39. The van der Waals surface area contributed by atoms with E-state index in [0.717, 1.165) is 17.6 Å². The lowest BCUT2D eigenvalue weighted by Gasteiger charge is -2.05. The van der Waals surface area contributed by atoms with Crippen LogP contribution < -0.4 is 0 Å². The largest absolute Gasteiger partial charge is 0.296 e. The molecular formula is C17H25N. The second-order valence-electron chi connectivity index (χ2n) is 4.13. The van der Waals surface area contributed by atoms with Gasteiger partial charge < -0.3 is 0 Å². The van der Waals surface area contributed by atoms with E-state index >= 15 is 0 Å². The molecule has 1 unspecified atom stereocenters. The zero-order valence-corrected chi connectivity index (χ0v) is 12.1. The summed E-state index contributed by atoms with van der Waals surface area (Å²) >= 11 is 0. The Labute approximate surface area is 112 Å². The first-order chi connectivity index (χ1) is 8.69. The van der Waals surface area contributed by atoms with Crippen molar-refractivity contribution in [2.24, 2.45) is 10.9 Å². The smallest absolute Gasteiger partial charge is 0.0277 e. The summed E-state index contributed by atoms with van der Waals surface area (Å²) in [6.07, 6.45) is 17.3. The van der Waals surface area contributed by atoms with Crippen LogP contribution in [0.25, 0.3) is 0 Å². The van der Waals surface area contributed by atoms with Gasteiger partial charge in [0.2, 0.25) is 0 Å². The number of aliphatic imine (C=N–C) groups is 1. The number of rotatable bonds is 7. The highest BCUT2D eigenvalue weighted by molar-refractivity contribution is 5.75. The monoisotopic (exact) mass is 243 g/mol. The Morgan fingerprint density at radius 2 is 1.89 bits per heavy atom. The molecule has 0 aliphatic heterocycles. The Kier molecular flexibility index (Phi) is 9.57. The summed E-state index contributed by atoms with van der Waals surface area (Å²) < 4.78 is 0. The van der Waals surface area contributed by atoms with Gasteiger partial charge in [0.25, 0.3) is 0 Å². The Bertz CT molecular complexity index is 378. The van der Waals surface area contributed by atoms with Gasteiger partial charge in [-0.2, -0.15) is 0 Å². The van der Waals surface area contributed by atoms with Crippen molar-refractivity contribution in [1.82, 2.24) is 0 Å². The van der Waals surface area contributed by atoms with Gasteiger partial charge in [0.15, 0.2) is 0 Å². The van der Waals surface area contributed by atoms with Crippen molar-refractivity contribution in [2.45, 2.75) is 27.2 Å². The average molecular weight is 243 g/mol. The van der Waals surface area contributed by atoms with Crippen LogP contribution in [0.5, 0.6) is 0 Å². The molecular weight excluding hydrogens is 218 g/mol. The minimum atomic E-state index is 0.588. The van der Waals surface area contributed by atoms with Crippen LogP contribution in [0, 0.1) is 5.92 Å². The van der Waals surface area contributed by atoms with Crippen LogP contribution in [-0.2, 0) is 0 Å². The minimum Gasteiger partial charge on any atom is -0.296 e. The zero-order chi connectivity index (χ0) is 13.8. The fourth-order valence-corrected chi connectivity index (χ4v) is 1.36. The molecule has 18 heavy (non-hydrogen) atoms. The molecule has 0 rings (SSSR count). The van der Waals surface area contributed by atoms with Crippen molar-refractivity contribution in [3.63, 3.8) is 0 Å². The summed E-state index contributed by atoms with van der Waals surface area (Å²) in [5.41, 5.74) is 2.30. The van der Waals surface area contributed by atoms with E-state index in [-0.39, 0.29) is 0 Å². The standard InChI is InChI=1S/C17H25N/c1-6-9-16(12-11-15(4)8-3)17(10-7-2)13-14-18-5/h6-7,9-15H,1,8H2,2-5H3/b10-7-,12-11-,16-9+,17-13+,18-14?. The Morgan fingerprint density at radius 1 is 1.22 bits per heavy atom. The second-order valence-corrected chi connectivity index (χ2v) is 4.13. The van der Waals surface area contributed by atoms with Crippen molar-refractivity contribution < 1.29 is 0 Å². The van der Waals surface area contributed by atoms with E-state index in [9.17, 15) is 0 Å². The molecule has 0 aromatic carbocycles. The summed E-state index contributed by atoms with van der Waals surface area (Å²) in [4.78, 5) is 4.00. The van der Waals surface area contributed by atoms with E-state index in [0.29, 0.717) is 5.92 Å². The number of allylic oxidation sites excluding steroid dienone is 9. The summed E-state index contributed by atoms with van der Waals surface area (Å²) in [5.74, 6) is 0.588. The SMILES string of the molecule is C=C/C=C(\C=C/C(C)CC)C(/C=C\C)=C/C=NC.